The quantitative estimate of drug-likeness (QED) is 0.936. The Morgan fingerprint density at radius 2 is 2.05 bits per heavy atom. The van der Waals surface area contributed by atoms with Crippen molar-refractivity contribution in [3.05, 3.63) is 48.5 Å². The number of hydrogen-bond acceptors (Lipinski definition) is 3. The largest absolute Gasteiger partial charge is 0.388 e. The van der Waals surface area contributed by atoms with Crippen LogP contribution in [-0.4, -0.2) is 37.7 Å². The van der Waals surface area contributed by atoms with Gasteiger partial charge in [0.05, 0.1) is 11.9 Å². The van der Waals surface area contributed by atoms with E-state index in [-0.39, 0.29) is 5.60 Å². The fourth-order valence-corrected chi connectivity index (χ4v) is 3.51. The zero-order valence-electron chi connectivity index (χ0n) is 12.2. The van der Waals surface area contributed by atoms with Crippen molar-refractivity contribution in [1.82, 2.24) is 14.5 Å². The summed E-state index contributed by atoms with van der Waals surface area (Å²) in [5.74, 6) is 0. The first-order valence-corrected chi connectivity index (χ1v) is 7.78. The highest BCUT2D eigenvalue weighted by Crippen LogP contribution is 2.44. The monoisotopic (exact) mass is 283 g/mol. The molecule has 1 aliphatic heterocycles. The Morgan fingerprint density at radius 1 is 1.24 bits per heavy atom. The smallest absolute Gasteiger partial charge is 0.0991 e. The van der Waals surface area contributed by atoms with Gasteiger partial charge in [-0.15, -0.1) is 0 Å². The third-order valence-corrected chi connectivity index (χ3v) is 4.87. The molecular formula is C17H21N3O. The molecule has 1 saturated carbocycles. The minimum Gasteiger partial charge on any atom is -0.388 e. The number of aliphatic hydroxyl groups is 1. The molecule has 110 valence electrons. The molecule has 0 radical (unpaired) electrons. The highest BCUT2D eigenvalue weighted by Gasteiger charge is 2.51. The summed E-state index contributed by atoms with van der Waals surface area (Å²) < 4.78 is 2.01. The van der Waals surface area contributed by atoms with Crippen molar-refractivity contribution >= 4 is 0 Å². The van der Waals surface area contributed by atoms with Crippen LogP contribution < -0.4 is 0 Å². The summed E-state index contributed by atoms with van der Waals surface area (Å²) >= 11 is 0. The van der Waals surface area contributed by atoms with Crippen molar-refractivity contribution in [2.75, 3.05) is 6.54 Å². The number of benzene rings is 1. The Hall–Kier alpha value is -1.65. The van der Waals surface area contributed by atoms with Crippen LogP contribution in [0.2, 0.25) is 0 Å². The molecule has 0 bridgehead atoms. The van der Waals surface area contributed by atoms with Crippen LogP contribution in [-0.2, 0) is 6.54 Å². The number of aromatic nitrogens is 2. The van der Waals surface area contributed by atoms with Gasteiger partial charge in [0, 0.05) is 30.7 Å². The number of imidazole rings is 1. The zero-order chi connectivity index (χ0) is 14.3. The second-order valence-electron chi connectivity index (χ2n) is 6.37. The third-order valence-electron chi connectivity index (χ3n) is 4.87. The maximum Gasteiger partial charge on any atom is 0.0991 e. The summed E-state index contributed by atoms with van der Waals surface area (Å²) in [5, 5.41) is 10.4. The molecule has 4 nitrogen and oxygen atoms in total. The molecule has 4 heteroatoms. The molecule has 1 atom stereocenters. The summed E-state index contributed by atoms with van der Waals surface area (Å²) in [7, 11) is 0. The van der Waals surface area contributed by atoms with Gasteiger partial charge in [-0.05, 0) is 49.9 Å². The topological polar surface area (TPSA) is 41.3 Å². The Labute approximate surface area is 125 Å². The van der Waals surface area contributed by atoms with Crippen molar-refractivity contribution in [3.8, 4) is 5.69 Å². The molecule has 2 aromatic rings. The van der Waals surface area contributed by atoms with E-state index in [1.54, 1.807) is 6.20 Å². The van der Waals surface area contributed by atoms with E-state index in [4.69, 9.17) is 0 Å². The lowest BCUT2D eigenvalue weighted by atomic mass is 10.1. The number of likely N-dealkylation sites (tertiary alicyclic amines) is 1. The van der Waals surface area contributed by atoms with Crippen molar-refractivity contribution in [2.45, 2.75) is 43.9 Å². The van der Waals surface area contributed by atoms with Crippen molar-refractivity contribution in [2.24, 2.45) is 0 Å². The predicted octanol–water partition coefficient (Wildman–Crippen LogP) is 2.36. The van der Waals surface area contributed by atoms with E-state index in [2.05, 4.69) is 34.1 Å². The van der Waals surface area contributed by atoms with E-state index in [0.29, 0.717) is 6.04 Å². The molecule has 1 aliphatic carbocycles. The summed E-state index contributed by atoms with van der Waals surface area (Å²) in [6, 6.07) is 9.00. The van der Waals surface area contributed by atoms with Crippen molar-refractivity contribution in [1.29, 1.82) is 0 Å². The van der Waals surface area contributed by atoms with Gasteiger partial charge in [0.1, 0.15) is 0 Å². The molecule has 0 amide bonds. The van der Waals surface area contributed by atoms with Gasteiger partial charge >= 0.3 is 0 Å². The highest BCUT2D eigenvalue weighted by molar-refractivity contribution is 5.34. The van der Waals surface area contributed by atoms with E-state index in [0.717, 1.165) is 38.0 Å². The van der Waals surface area contributed by atoms with E-state index in [1.165, 1.54) is 12.0 Å². The number of rotatable bonds is 4. The molecule has 2 heterocycles. The molecule has 1 saturated heterocycles. The standard InChI is InChI=1S/C17H21N3O/c21-17(7-8-17)16-2-1-10-19(16)12-14-3-5-15(6-4-14)20-11-9-18-13-20/h3-6,9,11,13,16,21H,1-2,7-8,10,12H2. The van der Waals surface area contributed by atoms with Crippen LogP contribution in [0.3, 0.4) is 0 Å². The first-order chi connectivity index (χ1) is 10.2. The molecule has 1 unspecified atom stereocenters. The van der Waals surface area contributed by atoms with E-state index >= 15 is 0 Å². The molecule has 1 aromatic carbocycles. The van der Waals surface area contributed by atoms with E-state index in [1.807, 2.05) is 17.1 Å². The Balaban J connectivity index is 1.47. The summed E-state index contributed by atoms with van der Waals surface area (Å²) in [4.78, 5) is 6.53. The van der Waals surface area contributed by atoms with Crippen LogP contribution in [0.15, 0.2) is 43.0 Å². The van der Waals surface area contributed by atoms with Crippen LogP contribution >= 0.6 is 0 Å². The molecule has 2 fully saturated rings. The average molecular weight is 283 g/mol. The fourth-order valence-electron chi connectivity index (χ4n) is 3.51. The second-order valence-corrected chi connectivity index (χ2v) is 6.37. The number of nitrogens with zero attached hydrogens (tertiary/aromatic N) is 3. The lowest BCUT2D eigenvalue weighted by molar-refractivity contribution is 0.0481. The Kier molecular flexibility index (Phi) is 3.08. The maximum atomic E-state index is 10.4. The van der Waals surface area contributed by atoms with Gasteiger partial charge in [-0.1, -0.05) is 12.1 Å². The summed E-state index contributed by atoms with van der Waals surface area (Å²) in [6.07, 6.45) is 9.87. The minimum atomic E-state index is -0.382. The average Bonchev–Trinajstić information content (AvgIpc) is 2.96. The third kappa shape index (κ3) is 2.49. The normalized spacial score (nSPS) is 24.3. The van der Waals surface area contributed by atoms with Gasteiger partial charge in [-0.2, -0.15) is 0 Å². The van der Waals surface area contributed by atoms with Crippen molar-refractivity contribution < 1.29 is 5.11 Å². The van der Waals surface area contributed by atoms with Gasteiger partial charge in [0.25, 0.3) is 0 Å². The van der Waals surface area contributed by atoms with Crippen LogP contribution in [0.1, 0.15) is 31.2 Å². The van der Waals surface area contributed by atoms with Crippen LogP contribution in [0, 0.1) is 0 Å². The van der Waals surface area contributed by atoms with E-state index < -0.39 is 0 Å². The van der Waals surface area contributed by atoms with Gasteiger partial charge in [-0.3, -0.25) is 4.90 Å². The minimum absolute atomic E-state index is 0.367. The van der Waals surface area contributed by atoms with Crippen LogP contribution in [0.25, 0.3) is 5.69 Å². The molecule has 1 N–H and O–H groups in total. The summed E-state index contributed by atoms with van der Waals surface area (Å²) in [5.41, 5.74) is 2.07. The predicted molar refractivity (Wildman–Crippen MR) is 81.2 cm³/mol. The first kappa shape index (κ1) is 13.0. The Morgan fingerprint density at radius 3 is 2.71 bits per heavy atom. The lowest BCUT2D eigenvalue weighted by Gasteiger charge is -2.28. The van der Waals surface area contributed by atoms with Gasteiger partial charge in [0.15, 0.2) is 0 Å². The summed E-state index contributed by atoms with van der Waals surface area (Å²) in [6.45, 7) is 2.05. The lowest BCUT2D eigenvalue weighted by Crippen LogP contribution is -2.40. The van der Waals surface area contributed by atoms with Gasteiger partial charge in [0.2, 0.25) is 0 Å². The van der Waals surface area contributed by atoms with E-state index in [9.17, 15) is 5.11 Å². The molecular weight excluding hydrogens is 262 g/mol. The number of hydrogen-bond donors (Lipinski definition) is 1. The zero-order valence-corrected chi connectivity index (χ0v) is 12.2. The van der Waals surface area contributed by atoms with Gasteiger partial charge < -0.3 is 9.67 Å². The molecule has 4 rings (SSSR count). The highest BCUT2D eigenvalue weighted by atomic mass is 16.3. The fraction of sp³-hybridized carbons (Fsp3) is 0.471. The van der Waals surface area contributed by atoms with Crippen LogP contribution in [0.5, 0.6) is 0 Å². The molecule has 21 heavy (non-hydrogen) atoms. The maximum absolute atomic E-state index is 10.4. The second kappa shape index (κ2) is 4.97. The van der Waals surface area contributed by atoms with Gasteiger partial charge in [-0.25, -0.2) is 4.98 Å². The van der Waals surface area contributed by atoms with Crippen molar-refractivity contribution in [3.63, 3.8) is 0 Å². The molecule has 0 spiro atoms. The Bertz CT molecular complexity index is 601. The van der Waals surface area contributed by atoms with Crippen LogP contribution in [0.4, 0.5) is 0 Å². The SMILES string of the molecule is OC1(C2CCCN2Cc2ccc(-n3ccnc3)cc2)CC1. The molecule has 2 aliphatic rings. The first-order valence-electron chi connectivity index (χ1n) is 7.78. The molecule has 1 aromatic heterocycles.